The molecule has 0 unspecified atom stereocenters. The number of carbonyl (C=O) groups excluding carboxylic acids is 1. The predicted octanol–water partition coefficient (Wildman–Crippen LogP) is 2.26. The quantitative estimate of drug-likeness (QED) is 0.899. The van der Waals surface area contributed by atoms with Crippen LogP contribution in [0.15, 0.2) is 24.3 Å². The van der Waals surface area contributed by atoms with Crippen LogP contribution < -0.4 is 15.0 Å². The summed E-state index contributed by atoms with van der Waals surface area (Å²) in [5.41, 5.74) is 1.22. The van der Waals surface area contributed by atoms with Crippen molar-refractivity contribution in [1.82, 2.24) is 10.2 Å². The first-order chi connectivity index (χ1) is 11.7. The third-order valence-electron chi connectivity index (χ3n) is 5.38. The van der Waals surface area contributed by atoms with Crippen molar-refractivity contribution in [3.8, 4) is 5.75 Å². The lowest BCUT2D eigenvalue weighted by atomic mass is 10.1. The minimum absolute atomic E-state index is 0.0383. The summed E-state index contributed by atoms with van der Waals surface area (Å²) >= 11 is 0. The number of rotatable bonds is 5. The molecule has 2 aliphatic rings. The van der Waals surface area contributed by atoms with Crippen LogP contribution in [0.4, 0.5) is 5.69 Å². The summed E-state index contributed by atoms with van der Waals surface area (Å²) in [5, 5.41) is 3.22. The van der Waals surface area contributed by atoms with E-state index in [-0.39, 0.29) is 11.9 Å². The molecule has 132 valence electrons. The molecule has 1 atom stereocenters. The molecule has 1 aliphatic carbocycles. The zero-order chi connectivity index (χ0) is 16.9. The molecule has 0 aromatic heterocycles. The minimum Gasteiger partial charge on any atom is -0.497 e. The fraction of sp³-hybridized carbons (Fsp3) is 0.632. The van der Waals surface area contributed by atoms with E-state index < -0.39 is 0 Å². The van der Waals surface area contributed by atoms with E-state index in [1.165, 1.54) is 18.5 Å². The third-order valence-corrected chi connectivity index (χ3v) is 5.38. The van der Waals surface area contributed by atoms with Crippen LogP contribution in [-0.2, 0) is 4.79 Å². The Labute approximate surface area is 145 Å². The van der Waals surface area contributed by atoms with Crippen LogP contribution in [0.25, 0.3) is 0 Å². The second-order valence-corrected chi connectivity index (χ2v) is 6.89. The van der Waals surface area contributed by atoms with Crippen molar-refractivity contribution in [1.29, 1.82) is 0 Å². The first-order valence-corrected chi connectivity index (χ1v) is 9.11. The molecule has 1 aromatic carbocycles. The van der Waals surface area contributed by atoms with Crippen LogP contribution in [0, 0.1) is 0 Å². The molecule has 1 aliphatic heterocycles. The van der Waals surface area contributed by atoms with Crippen molar-refractivity contribution in [2.24, 2.45) is 0 Å². The van der Waals surface area contributed by atoms with E-state index in [0.29, 0.717) is 6.04 Å². The van der Waals surface area contributed by atoms with Gasteiger partial charge in [0.25, 0.3) is 0 Å². The SMILES string of the molecule is COc1ccc(N2CCN([C@@H](C)C(=O)NC3CCCC3)CC2)cc1. The van der Waals surface area contributed by atoms with Gasteiger partial charge in [-0.1, -0.05) is 12.8 Å². The van der Waals surface area contributed by atoms with Gasteiger partial charge in [-0.25, -0.2) is 0 Å². The molecule has 1 heterocycles. The summed E-state index contributed by atoms with van der Waals surface area (Å²) in [5.74, 6) is 1.08. The van der Waals surface area contributed by atoms with Gasteiger partial charge in [-0.15, -0.1) is 0 Å². The Hall–Kier alpha value is -1.75. The van der Waals surface area contributed by atoms with Gasteiger partial charge < -0.3 is 15.0 Å². The summed E-state index contributed by atoms with van der Waals surface area (Å²) in [6, 6.07) is 8.57. The largest absolute Gasteiger partial charge is 0.497 e. The molecular formula is C19H29N3O2. The van der Waals surface area contributed by atoms with E-state index in [0.717, 1.165) is 44.8 Å². The molecule has 3 rings (SSSR count). The van der Waals surface area contributed by atoms with Crippen LogP contribution in [0.1, 0.15) is 32.6 Å². The lowest BCUT2D eigenvalue weighted by Gasteiger charge is -2.38. The van der Waals surface area contributed by atoms with Gasteiger partial charge in [0.05, 0.1) is 13.2 Å². The summed E-state index contributed by atoms with van der Waals surface area (Å²) in [6.45, 7) is 5.78. The van der Waals surface area contributed by atoms with Crippen LogP contribution in [-0.4, -0.2) is 56.2 Å². The average molecular weight is 331 g/mol. The van der Waals surface area contributed by atoms with Gasteiger partial charge in [0.15, 0.2) is 0 Å². The van der Waals surface area contributed by atoms with E-state index in [4.69, 9.17) is 4.74 Å². The normalized spacial score (nSPS) is 20.8. The molecule has 1 amide bonds. The average Bonchev–Trinajstić information content (AvgIpc) is 3.14. The summed E-state index contributed by atoms with van der Waals surface area (Å²) in [6.07, 6.45) is 4.78. The highest BCUT2D eigenvalue weighted by molar-refractivity contribution is 5.81. The first-order valence-electron chi connectivity index (χ1n) is 9.11. The second-order valence-electron chi connectivity index (χ2n) is 6.89. The molecule has 1 aromatic rings. The van der Waals surface area contributed by atoms with E-state index in [9.17, 15) is 4.79 Å². The number of nitrogens with zero attached hydrogens (tertiary/aromatic N) is 2. The van der Waals surface area contributed by atoms with Gasteiger partial charge in [0, 0.05) is 37.9 Å². The number of benzene rings is 1. The number of nitrogens with one attached hydrogen (secondary N) is 1. The Balaban J connectivity index is 1.49. The fourth-order valence-electron chi connectivity index (χ4n) is 3.72. The van der Waals surface area contributed by atoms with Crippen molar-refractivity contribution in [3.63, 3.8) is 0 Å². The van der Waals surface area contributed by atoms with Crippen molar-refractivity contribution in [3.05, 3.63) is 24.3 Å². The van der Waals surface area contributed by atoms with E-state index >= 15 is 0 Å². The van der Waals surface area contributed by atoms with Crippen molar-refractivity contribution >= 4 is 11.6 Å². The van der Waals surface area contributed by atoms with Crippen LogP contribution in [0.2, 0.25) is 0 Å². The zero-order valence-electron chi connectivity index (χ0n) is 14.8. The third kappa shape index (κ3) is 4.01. The molecule has 0 bridgehead atoms. The van der Waals surface area contributed by atoms with Crippen LogP contribution in [0.3, 0.4) is 0 Å². The Morgan fingerprint density at radius 1 is 1.12 bits per heavy atom. The molecule has 0 spiro atoms. The van der Waals surface area contributed by atoms with Crippen molar-refractivity contribution < 1.29 is 9.53 Å². The Bertz CT molecular complexity index is 532. The monoisotopic (exact) mass is 331 g/mol. The van der Waals surface area contributed by atoms with Gasteiger partial charge in [-0.3, -0.25) is 9.69 Å². The summed E-state index contributed by atoms with van der Waals surface area (Å²) in [4.78, 5) is 17.1. The number of carbonyl (C=O) groups is 1. The topological polar surface area (TPSA) is 44.8 Å². The van der Waals surface area contributed by atoms with Gasteiger partial charge in [0.1, 0.15) is 5.75 Å². The van der Waals surface area contributed by atoms with Crippen molar-refractivity contribution in [2.45, 2.75) is 44.7 Å². The number of hydrogen-bond acceptors (Lipinski definition) is 4. The van der Waals surface area contributed by atoms with E-state index in [2.05, 4.69) is 27.2 Å². The molecule has 0 radical (unpaired) electrons. The van der Waals surface area contributed by atoms with Gasteiger partial charge >= 0.3 is 0 Å². The number of amides is 1. The number of hydrogen-bond donors (Lipinski definition) is 1. The molecule has 1 saturated carbocycles. The maximum atomic E-state index is 12.4. The number of methoxy groups -OCH3 is 1. The lowest BCUT2D eigenvalue weighted by Crippen LogP contribution is -2.54. The second kappa shape index (κ2) is 7.88. The predicted molar refractivity (Wildman–Crippen MR) is 96.6 cm³/mol. The minimum atomic E-state index is -0.0383. The maximum Gasteiger partial charge on any atom is 0.237 e. The van der Waals surface area contributed by atoms with Gasteiger partial charge in [-0.05, 0) is 44.0 Å². The first kappa shape index (κ1) is 17.1. The molecular weight excluding hydrogens is 302 g/mol. The maximum absolute atomic E-state index is 12.4. The standard InChI is InChI=1S/C19H29N3O2/c1-15(19(23)20-16-5-3-4-6-16)21-11-13-22(14-12-21)17-7-9-18(24-2)10-8-17/h7-10,15-16H,3-6,11-14H2,1-2H3,(H,20,23)/t15-/m0/s1. The fourth-order valence-corrected chi connectivity index (χ4v) is 3.72. The highest BCUT2D eigenvalue weighted by Crippen LogP contribution is 2.21. The van der Waals surface area contributed by atoms with Gasteiger partial charge in [0.2, 0.25) is 5.91 Å². The van der Waals surface area contributed by atoms with Crippen LogP contribution in [0.5, 0.6) is 5.75 Å². The van der Waals surface area contributed by atoms with Gasteiger partial charge in [-0.2, -0.15) is 0 Å². The number of piperazine rings is 1. The van der Waals surface area contributed by atoms with E-state index in [1.54, 1.807) is 7.11 Å². The lowest BCUT2D eigenvalue weighted by molar-refractivity contribution is -0.126. The molecule has 5 nitrogen and oxygen atoms in total. The Morgan fingerprint density at radius 2 is 1.75 bits per heavy atom. The van der Waals surface area contributed by atoms with Crippen molar-refractivity contribution in [2.75, 3.05) is 38.2 Å². The molecule has 5 heteroatoms. The van der Waals surface area contributed by atoms with E-state index in [1.807, 2.05) is 19.1 Å². The summed E-state index contributed by atoms with van der Waals surface area (Å²) in [7, 11) is 1.69. The molecule has 2 fully saturated rings. The number of anilines is 1. The Kier molecular flexibility index (Phi) is 5.61. The summed E-state index contributed by atoms with van der Waals surface area (Å²) < 4.78 is 5.21. The zero-order valence-corrected chi connectivity index (χ0v) is 14.8. The van der Waals surface area contributed by atoms with Crippen LogP contribution >= 0.6 is 0 Å². The number of ether oxygens (including phenoxy) is 1. The molecule has 24 heavy (non-hydrogen) atoms. The highest BCUT2D eigenvalue weighted by atomic mass is 16.5. The smallest absolute Gasteiger partial charge is 0.237 e. The Morgan fingerprint density at radius 3 is 2.33 bits per heavy atom. The highest BCUT2D eigenvalue weighted by Gasteiger charge is 2.27. The molecule has 1 N–H and O–H groups in total. The molecule has 1 saturated heterocycles.